The fraction of sp³-hybridized carbons (Fsp3) is 0.214. The molecule has 0 fully saturated rings. The number of aliphatic imine (C=N–C) groups is 1. The van der Waals surface area contributed by atoms with Crippen molar-refractivity contribution in [3.05, 3.63) is 42.0 Å². The van der Waals surface area contributed by atoms with Crippen LogP contribution in [0.1, 0.15) is 18.9 Å². The maximum absolute atomic E-state index is 9.82. The highest BCUT2D eigenvalue weighted by Crippen LogP contribution is 2.25. The molecule has 2 aromatic rings. The summed E-state index contributed by atoms with van der Waals surface area (Å²) in [4.78, 5) is 4.29. The van der Waals surface area contributed by atoms with Gasteiger partial charge in [0.1, 0.15) is 5.75 Å². The summed E-state index contributed by atoms with van der Waals surface area (Å²) in [6, 6.07) is 11.6. The Bertz CT molecular complexity index is 517. The van der Waals surface area contributed by atoms with Crippen LogP contribution in [0, 0.1) is 0 Å². The van der Waals surface area contributed by atoms with Gasteiger partial charge in [0.25, 0.3) is 0 Å². The molecule has 0 saturated carbocycles. The van der Waals surface area contributed by atoms with E-state index >= 15 is 0 Å². The van der Waals surface area contributed by atoms with E-state index in [1.807, 2.05) is 30.3 Å². The van der Waals surface area contributed by atoms with Crippen LogP contribution in [-0.2, 0) is 0 Å². The number of hydrogen-bond donors (Lipinski definition) is 1. The van der Waals surface area contributed by atoms with Crippen LogP contribution >= 0.6 is 0 Å². The molecule has 0 heterocycles. The molecule has 2 aromatic carbocycles. The van der Waals surface area contributed by atoms with Crippen molar-refractivity contribution in [1.29, 1.82) is 0 Å². The zero-order chi connectivity index (χ0) is 11.4. The molecule has 0 amide bonds. The normalized spacial score (nSPS) is 11.3. The fourth-order valence-corrected chi connectivity index (χ4v) is 1.70. The van der Waals surface area contributed by atoms with Crippen molar-refractivity contribution < 1.29 is 5.11 Å². The lowest BCUT2D eigenvalue weighted by molar-refractivity contribution is 0.475. The molecule has 0 aliphatic carbocycles. The summed E-state index contributed by atoms with van der Waals surface area (Å²) < 4.78 is 0. The van der Waals surface area contributed by atoms with Gasteiger partial charge in [0, 0.05) is 18.3 Å². The van der Waals surface area contributed by atoms with Gasteiger partial charge in [-0.2, -0.15) is 0 Å². The van der Waals surface area contributed by atoms with Crippen molar-refractivity contribution in [3.8, 4) is 5.75 Å². The number of benzene rings is 2. The average Bonchev–Trinajstić information content (AvgIpc) is 2.32. The summed E-state index contributed by atoms with van der Waals surface area (Å²) in [5.74, 6) is 0.290. The van der Waals surface area contributed by atoms with Crippen molar-refractivity contribution in [3.63, 3.8) is 0 Å². The summed E-state index contributed by atoms with van der Waals surface area (Å²) in [6.07, 6.45) is 2.78. The molecule has 1 N–H and O–H groups in total. The predicted octanol–water partition coefficient (Wildman–Crippen LogP) is 3.37. The summed E-state index contributed by atoms with van der Waals surface area (Å²) in [5.41, 5.74) is 0.812. The average molecular weight is 213 g/mol. The maximum atomic E-state index is 9.82. The van der Waals surface area contributed by atoms with Crippen LogP contribution in [0.3, 0.4) is 0 Å². The molecular formula is C14H15NO. The Balaban J connectivity index is 2.52. The molecule has 2 rings (SSSR count). The molecule has 16 heavy (non-hydrogen) atoms. The molecule has 0 unspecified atom stereocenters. The zero-order valence-electron chi connectivity index (χ0n) is 9.35. The Kier molecular flexibility index (Phi) is 3.20. The molecule has 0 atom stereocenters. The van der Waals surface area contributed by atoms with E-state index in [0.29, 0.717) is 5.75 Å². The third-order valence-electron chi connectivity index (χ3n) is 2.52. The van der Waals surface area contributed by atoms with Crippen LogP contribution in [-0.4, -0.2) is 17.9 Å². The van der Waals surface area contributed by atoms with E-state index in [1.54, 1.807) is 12.3 Å². The maximum Gasteiger partial charge on any atom is 0.124 e. The summed E-state index contributed by atoms with van der Waals surface area (Å²) >= 11 is 0. The van der Waals surface area contributed by atoms with Gasteiger partial charge in [-0.3, -0.25) is 4.99 Å². The van der Waals surface area contributed by atoms with Crippen LogP contribution in [0.15, 0.2) is 41.4 Å². The second kappa shape index (κ2) is 4.79. The third kappa shape index (κ3) is 2.06. The van der Waals surface area contributed by atoms with Crippen LogP contribution in [0.5, 0.6) is 5.75 Å². The SMILES string of the molecule is CCCN=Cc1c(O)ccc2ccccc12. The Morgan fingerprint density at radius 1 is 1.19 bits per heavy atom. The van der Waals surface area contributed by atoms with Gasteiger partial charge in [-0.25, -0.2) is 0 Å². The largest absolute Gasteiger partial charge is 0.507 e. The van der Waals surface area contributed by atoms with Crippen molar-refractivity contribution in [2.75, 3.05) is 6.54 Å². The fourth-order valence-electron chi connectivity index (χ4n) is 1.70. The summed E-state index contributed by atoms with van der Waals surface area (Å²) in [5, 5.41) is 12.0. The lowest BCUT2D eigenvalue weighted by Crippen LogP contribution is -1.87. The van der Waals surface area contributed by atoms with Crippen molar-refractivity contribution >= 4 is 17.0 Å². The first-order chi connectivity index (χ1) is 7.83. The zero-order valence-corrected chi connectivity index (χ0v) is 9.35. The van der Waals surface area contributed by atoms with E-state index in [1.165, 1.54) is 0 Å². The van der Waals surface area contributed by atoms with Crippen molar-refractivity contribution in [1.82, 2.24) is 0 Å². The number of nitrogens with zero attached hydrogens (tertiary/aromatic N) is 1. The van der Waals surface area contributed by atoms with Crippen LogP contribution in [0.2, 0.25) is 0 Å². The topological polar surface area (TPSA) is 32.6 Å². The minimum atomic E-state index is 0.290. The highest BCUT2D eigenvalue weighted by molar-refractivity contribution is 6.02. The Labute approximate surface area is 95.3 Å². The highest BCUT2D eigenvalue weighted by atomic mass is 16.3. The molecule has 0 aromatic heterocycles. The van der Waals surface area contributed by atoms with E-state index in [9.17, 15) is 5.11 Å². The quantitative estimate of drug-likeness (QED) is 0.779. The molecule has 2 nitrogen and oxygen atoms in total. The molecule has 82 valence electrons. The molecule has 0 saturated heterocycles. The lowest BCUT2D eigenvalue weighted by Gasteiger charge is -2.04. The van der Waals surface area contributed by atoms with Gasteiger partial charge < -0.3 is 5.11 Å². The van der Waals surface area contributed by atoms with Crippen LogP contribution in [0.25, 0.3) is 10.8 Å². The Morgan fingerprint density at radius 3 is 2.81 bits per heavy atom. The van der Waals surface area contributed by atoms with Gasteiger partial charge in [-0.1, -0.05) is 37.3 Å². The first-order valence-electron chi connectivity index (χ1n) is 5.53. The van der Waals surface area contributed by atoms with Crippen LogP contribution < -0.4 is 0 Å². The van der Waals surface area contributed by atoms with E-state index < -0.39 is 0 Å². The highest BCUT2D eigenvalue weighted by Gasteiger charge is 2.03. The monoisotopic (exact) mass is 213 g/mol. The van der Waals surface area contributed by atoms with Gasteiger partial charge in [-0.05, 0) is 23.3 Å². The number of fused-ring (bicyclic) bond motifs is 1. The second-order valence-electron chi connectivity index (χ2n) is 3.75. The number of aromatic hydroxyl groups is 1. The van der Waals surface area contributed by atoms with Gasteiger partial charge in [0.05, 0.1) is 0 Å². The smallest absolute Gasteiger partial charge is 0.124 e. The Morgan fingerprint density at radius 2 is 2.00 bits per heavy atom. The molecule has 0 bridgehead atoms. The van der Waals surface area contributed by atoms with E-state index in [-0.39, 0.29) is 0 Å². The molecule has 0 radical (unpaired) electrons. The predicted molar refractivity (Wildman–Crippen MR) is 68.4 cm³/mol. The van der Waals surface area contributed by atoms with Crippen molar-refractivity contribution in [2.24, 2.45) is 4.99 Å². The van der Waals surface area contributed by atoms with Gasteiger partial charge in [0.15, 0.2) is 0 Å². The third-order valence-corrected chi connectivity index (χ3v) is 2.52. The summed E-state index contributed by atoms with van der Waals surface area (Å²) in [7, 11) is 0. The Hall–Kier alpha value is -1.83. The van der Waals surface area contributed by atoms with E-state index in [4.69, 9.17) is 0 Å². The van der Waals surface area contributed by atoms with Crippen LogP contribution in [0.4, 0.5) is 0 Å². The standard InChI is InChI=1S/C14H15NO/c1-2-9-15-10-13-12-6-4-3-5-11(12)7-8-14(13)16/h3-8,10,16H,2,9H2,1H3. The van der Waals surface area contributed by atoms with E-state index in [2.05, 4.69) is 11.9 Å². The molecule has 0 spiro atoms. The second-order valence-corrected chi connectivity index (χ2v) is 3.75. The van der Waals surface area contributed by atoms with Crippen molar-refractivity contribution in [2.45, 2.75) is 13.3 Å². The number of rotatable bonds is 3. The minimum absolute atomic E-state index is 0.290. The molecule has 2 heteroatoms. The van der Waals surface area contributed by atoms with Gasteiger partial charge >= 0.3 is 0 Å². The van der Waals surface area contributed by atoms with E-state index in [0.717, 1.165) is 29.3 Å². The lowest BCUT2D eigenvalue weighted by atomic mass is 10.0. The van der Waals surface area contributed by atoms with Gasteiger partial charge in [0.2, 0.25) is 0 Å². The number of phenolic OH excluding ortho intramolecular Hbond substituents is 1. The first-order valence-corrected chi connectivity index (χ1v) is 5.53. The molecular weight excluding hydrogens is 198 g/mol. The van der Waals surface area contributed by atoms with Gasteiger partial charge in [-0.15, -0.1) is 0 Å². The minimum Gasteiger partial charge on any atom is -0.507 e. The number of phenols is 1. The number of hydrogen-bond acceptors (Lipinski definition) is 2. The first kappa shape index (κ1) is 10.7. The summed E-state index contributed by atoms with van der Waals surface area (Å²) in [6.45, 7) is 2.88. The molecule has 0 aliphatic rings. The molecule has 0 aliphatic heterocycles.